The molecule has 0 amide bonds. The molecule has 0 aliphatic heterocycles. The fourth-order valence-corrected chi connectivity index (χ4v) is 0. The van der Waals surface area contributed by atoms with Gasteiger partial charge >= 0.3 is 19.5 Å². The zero-order valence-electron chi connectivity index (χ0n) is 7.12. The van der Waals surface area contributed by atoms with Gasteiger partial charge in [0.2, 0.25) is 0 Å². The molecule has 16 heavy (non-hydrogen) atoms. The fraction of sp³-hybridized carbons (Fsp3) is 0. The Bertz CT molecular complexity index is 216. The normalized spacial score (nSPS) is 6.00. The average molecular weight is 322 g/mol. The molecule has 0 aromatic rings. The topological polar surface area (TPSA) is 163 Å². The van der Waals surface area contributed by atoms with Crippen molar-refractivity contribution in [3.8, 4) is 0 Å². The van der Waals surface area contributed by atoms with E-state index in [-0.39, 0.29) is 19.5 Å². The van der Waals surface area contributed by atoms with Crippen LogP contribution in [0.5, 0.6) is 0 Å². The summed E-state index contributed by atoms with van der Waals surface area (Å²) >= 11 is 0. The van der Waals surface area contributed by atoms with Gasteiger partial charge in [-0.2, -0.15) is 18.9 Å². The minimum absolute atomic E-state index is 0. The molecular weight excluding hydrogens is 319 g/mol. The number of hydrogen-bond donors (Lipinski definition) is 3. The van der Waals surface area contributed by atoms with Crippen molar-refractivity contribution in [1.29, 1.82) is 0 Å². The Labute approximate surface area is 101 Å². The van der Waals surface area contributed by atoms with Gasteiger partial charge in [0.1, 0.15) is 0 Å². The molecule has 9 nitrogen and oxygen atoms in total. The van der Waals surface area contributed by atoms with Gasteiger partial charge in [-0.25, -0.2) is 0 Å². The molecule has 90 valence electrons. The summed E-state index contributed by atoms with van der Waals surface area (Å²) in [6, 6.07) is 0. The van der Waals surface area contributed by atoms with Crippen LogP contribution >= 0.6 is 0 Å². The zero-order valence-corrected chi connectivity index (χ0v) is 8.76. The van der Waals surface area contributed by atoms with E-state index in [0.717, 1.165) is 0 Å². The molecule has 0 fully saturated rings. The molecule has 0 spiro atoms. The van der Waals surface area contributed by atoms with Crippen LogP contribution in [0.15, 0.2) is 0 Å². The zero-order chi connectivity index (χ0) is 12.9. The van der Waals surface area contributed by atoms with E-state index in [9.17, 15) is 0 Å². The molecule has 0 radical (unpaired) electrons. The van der Waals surface area contributed by atoms with Crippen molar-refractivity contribution >= 4 is 36.8 Å². The predicted octanol–water partition coefficient (Wildman–Crippen LogP) is -2.46. The van der Waals surface area contributed by atoms with Crippen molar-refractivity contribution in [2.75, 3.05) is 0 Å². The van der Waals surface area contributed by atoms with Crippen LogP contribution in [0.3, 0.4) is 0 Å². The van der Waals surface area contributed by atoms with Crippen LogP contribution < -0.4 is 0 Å². The SMILES string of the molecule is O=[C-]C(=O)O.O=[C-]C(=O)O.O=[C-]C(=O)O.[Rh+3]. The van der Waals surface area contributed by atoms with Gasteiger partial charge in [0, 0.05) is 0 Å². The first-order valence-electron chi connectivity index (χ1n) is 2.65. The maximum atomic E-state index is 8.94. The summed E-state index contributed by atoms with van der Waals surface area (Å²) in [6.45, 7) is 0. The molecule has 0 saturated carbocycles. The van der Waals surface area contributed by atoms with Gasteiger partial charge in [0.15, 0.2) is 17.9 Å². The second kappa shape index (κ2) is 18.8. The number of carboxylic acid groups (broad SMARTS) is 3. The Morgan fingerprint density at radius 3 is 0.688 bits per heavy atom. The third kappa shape index (κ3) is 89.8. The molecule has 0 aromatic heterocycles. The van der Waals surface area contributed by atoms with Crippen molar-refractivity contribution in [1.82, 2.24) is 0 Å². The van der Waals surface area contributed by atoms with E-state index < -0.39 is 17.9 Å². The predicted molar refractivity (Wildman–Crippen MR) is 40.0 cm³/mol. The minimum atomic E-state index is -1.55. The molecule has 0 bridgehead atoms. The van der Waals surface area contributed by atoms with Crippen LogP contribution in [0.2, 0.25) is 0 Å². The van der Waals surface area contributed by atoms with E-state index in [2.05, 4.69) is 0 Å². The molecule has 0 heterocycles. The Morgan fingerprint density at radius 2 is 0.688 bits per heavy atom. The van der Waals surface area contributed by atoms with E-state index in [1.54, 1.807) is 0 Å². The maximum Gasteiger partial charge on any atom is 3.00 e. The summed E-state index contributed by atoms with van der Waals surface area (Å²) in [5.41, 5.74) is 0. The van der Waals surface area contributed by atoms with E-state index in [1.165, 1.54) is 0 Å². The largest absolute Gasteiger partial charge is 3.00 e. The smallest absolute Gasteiger partial charge is 0.531 e. The summed E-state index contributed by atoms with van der Waals surface area (Å²) < 4.78 is 0. The quantitative estimate of drug-likeness (QED) is 0.290. The van der Waals surface area contributed by atoms with Crippen LogP contribution in [0.25, 0.3) is 0 Å². The third-order valence-electron chi connectivity index (χ3n) is 0.262. The first kappa shape index (κ1) is 23.7. The maximum absolute atomic E-state index is 8.94. The van der Waals surface area contributed by atoms with E-state index in [1.807, 2.05) is 0 Å². The Balaban J connectivity index is -0.0000000655. The standard InChI is InChI=1S/3C2HO3.Rh/c3*3-1-2(4)5;/h3*(H,4,5);/q3*-1;+3. The molecule has 0 atom stereocenters. The van der Waals surface area contributed by atoms with Crippen LogP contribution in [-0.4, -0.2) is 52.1 Å². The Kier molecular flexibility index (Phi) is 27.8. The molecule has 10 heteroatoms. The van der Waals surface area contributed by atoms with Gasteiger partial charge in [0.05, 0.1) is 0 Å². The van der Waals surface area contributed by atoms with Gasteiger partial charge in [-0.3, -0.25) is 14.4 Å². The van der Waals surface area contributed by atoms with Crippen molar-refractivity contribution in [3.63, 3.8) is 0 Å². The van der Waals surface area contributed by atoms with Crippen molar-refractivity contribution in [3.05, 3.63) is 0 Å². The molecule has 0 aliphatic carbocycles. The van der Waals surface area contributed by atoms with Crippen molar-refractivity contribution < 1.29 is 63.6 Å². The van der Waals surface area contributed by atoms with Crippen LogP contribution in [0.4, 0.5) is 0 Å². The Hall–Kier alpha value is -1.96. The summed E-state index contributed by atoms with van der Waals surface area (Å²) in [5.74, 6) is -4.65. The number of rotatable bonds is 3. The summed E-state index contributed by atoms with van der Waals surface area (Å²) in [6.07, 6.45) is 2.08. The minimum Gasteiger partial charge on any atom is -0.531 e. The molecule has 0 unspecified atom stereocenters. The third-order valence-corrected chi connectivity index (χ3v) is 0.262. The molecular formula is C6H3O9Rh. The number of carboxylic acids is 3. The van der Waals surface area contributed by atoms with Gasteiger partial charge in [-0.05, 0) is 0 Å². The van der Waals surface area contributed by atoms with Gasteiger partial charge < -0.3 is 29.7 Å². The summed E-state index contributed by atoms with van der Waals surface area (Å²) in [7, 11) is 0. The number of carbonyl (C=O) groups is 3. The van der Waals surface area contributed by atoms with Crippen molar-refractivity contribution in [2.24, 2.45) is 0 Å². The second-order valence-corrected chi connectivity index (χ2v) is 1.22. The summed E-state index contributed by atoms with van der Waals surface area (Å²) in [5, 5.41) is 21.9. The van der Waals surface area contributed by atoms with Crippen molar-refractivity contribution in [2.45, 2.75) is 0 Å². The molecule has 0 rings (SSSR count). The van der Waals surface area contributed by atoms with Gasteiger partial charge in [0.25, 0.3) is 0 Å². The Morgan fingerprint density at radius 1 is 0.625 bits per heavy atom. The summed E-state index contributed by atoms with van der Waals surface area (Å²) in [4.78, 5) is 53.2. The molecule has 0 saturated heterocycles. The monoisotopic (exact) mass is 322 g/mol. The van der Waals surface area contributed by atoms with Crippen LogP contribution in [0.1, 0.15) is 0 Å². The van der Waals surface area contributed by atoms with Crippen LogP contribution in [-0.2, 0) is 48.2 Å². The fourth-order valence-electron chi connectivity index (χ4n) is 0. The van der Waals surface area contributed by atoms with Gasteiger partial charge in [-0.1, -0.05) is 0 Å². The number of carbonyl (C=O) groups excluding carboxylic acids is 3. The first-order chi connectivity index (χ1) is 6.81. The average Bonchev–Trinajstić information content (AvgIpc) is 2.19. The second-order valence-electron chi connectivity index (χ2n) is 1.22. The molecule has 3 N–H and O–H groups in total. The number of aliphatic carboxylic acids is 3. The van der Waals surface area contributed by atoms with E-state index >= 15 is 0 Å². The molecule has 0 aromatic carbocycles. The van der Waals surface area contributed by atoms with Gasteiger partial charge in [-0.15, -0.1) is 0 Å². The first-order valence-corrected chi connectivity index (χ1v) is 2.65. The van der Waals surface area contributed by atoms with E-state index in [4.69, 9.17) is 44.1 Å². The number of hydrogen-bond acceptors (Lipinski definition) is 6. The van der Waals surface area contributed by atoms with Crippen LogP contribution in [0, 0.1) is 0 Å². The molecule has 0 aliphatic rings. The van der Waals surface area contributed by atoms with E-state index in [0.29, 0.717) is 18.9 Å².